The molecule has 1 aliphatic heterocycles. The van der Waals surface area contributed by atoms with Crippen molar-refractivity contribution in [1.29, 1.82) is 0 Å². The molecule has 0 radical (unpaired) electrons. The number of aliphatic imine (C=N–C) groups is 1. The van der Waals surface area contributed by atoms with Crippen LogP contribution in [0.4, 0.5) is 0 Å². The van der Waals surface area contributed by atoms with Crippen molar-refractivity contribution in [3.05, 3.63) is 21.9 Å². The fourth-order valence-electron chi connectivity index (χ4n) is 2.98. The maximum Gasteiger partial charge on any atom is 0.191 e. The Hall–Kier alpha value is -0.340. The molecule has 0 atom stereocenters. The zero-order valence-corrected chi connectivity index (χ0v) is 18.5. The number of hydrogen-bond donors (Lipinski definition) is 2. The van der Waals surface area contributed by atoms with Crippen LogP contribution in [0.5, 0.6) is 0 Å². The molecule has 2 heterocycles. The van der Waals surface area contributed by atoms with Gasteiger partial charge in [0.2, 0.25) is 0 Å². The summed E-state index contributed by atoms with van der Waals surface area (Å²) in [6, 6.07) is 4.98. The first-order valence-electron chi connectivity index (χ1n) is 9.09. The Morgan fingerprint density at radius 3 is 2.50 bits per heavy atom. The van der Waals surface area contributed by atoms with Crippen molar-refractivity contribution in [3.63, 3.8) is 0 Å². The van der Waals surface area contributed by atoms with Gasteiger partial charge >= 0.3 is 0 Å². The first-order chi connectivity index (χ1) is 11.2. The van der Waals surface area contributed by atoms with Crippen LogP contribution in [0.15, 0.2) is 17.1 Å². The Kier molecular flexibility index (Phi) is 10.9. The summed E-state index contributed by atoms with van der Waals surface area (Å²) >= 11 is 1.88. The van der Waals surface area contributed by atoms with Gasteiger partial charge in [-0.05, 0) is 51.3 Å². The highest BCUT2D eigenvalue weighted by Gasteiger charge is 2.19. The lowest BCUT2D eigenvalue weighted by Gasteiger charge is -2.32. The summed E-state index contributed by atoms with van der Waals surface area (Å²) in [5.41, 5.74) is 0. The highest BCUT2D eigenvalue weighted by molar-refractivity contribution is 14.0. The second-order valence-electron chi connectivity index (χ2n) is 6.18. The van der Waals surface area contributed by atoms with Gasteiger partial charge in [-0.15, -0.1) is 35.3 Å². The minimum Gasteiger partial charge on any atom is -0.357 e. The minimum absolute atomic E-state index is 0. The van der Waals surface area contributed by atoms with E-state index in [2.05, 4.69) is 48.4 Å². The molecule has 4 nitrogen and oxygen atoms in total. The topological polar surface area (TPSA) is 39.7 Å². The summed E-state index contributed by atoms with van der Waals surface area (Å²) in [7, 11) is 0. The van der Waals surface area contributed by atoms with Crippen molar-refractivity contribution in [2.75, 3.05) is 26.2 Å². The number of rotatable bonds is 7. The lowest BCUT2D eigenvalue weighted by atomic mass is 10.1. The molecule has 0 unspecified atom stereocenters. The second-order valence-corrected chi connectivity index (χ2v) is 7.43. The summed E-state index contributed by atoms with van der Waals surface area (Å²) in [5, 5.41) is 7.01. The average molecular weight is 464 g/mol. The average Bonchev–Trinajstić information content (AvgIpc) is 3.03. The van der Waals surface area contributed by atoms with Gasteiger partial charge in [0.15, 0.2) is 5.96 Å². The number of nitrogens with zero attached hydrogens (tertiary/aromatic N) is 2. The van der Waals surface area contributed by atoms with Gasteiger partial charge in [-0.25, -0.2) is 4.99 Å². The number of hydrogen-bond acceptors (Lipinski definition) is 3. The summed E-state index contributed by atoms with van der Waals surface area (Å²) in [4.78, 5) is 10.1. The third-order valence-corrected chi connectivity index (χ3v) is 5.49. The van der Waals surface area contributed by atoms with Gasteiger partial charge in [-0.2, -0.15) is 0 Å². The maximum absolute atomic E-state index is 4.77. The van der Waals surface area contributed by atoms with Crippen LogP contribution in [0.25, 0.3) is 0 Å². The molecule has 0 amide bonds. The zero-order chi connectivity index (χ0) is 16.5. The van der Waals surface area contributed by atoms with Crippen LogP contribution in [0.2, 0.25) is 0 Å². The molecule has 6 heteroatoms. The summed E-state index contributed by atoms with van der Waals surface area (Å²) in [5.74, 6) is 0.966. The van der Waals surface area contributed by atoms with Gasteiger partial charge in [0.1, 0.15) is 0 Å². The van der Waals surface area contributed by atoms with Gasteiger partial charge in [-0.1, -0.05) is 13.8 Å². The van der Waals surface area contributed by atoms with Gasteiger partial charge in [-0.3, -0.25) is 0 Å². The lowest BCUT2D eigenvalue weighted by Crippen LogP contribution is -2.48. The van der Waals surface area contributed by atoms with Crippen LogP contribution in [0.3, 0.4) is 0 Å². The Morgan fingerprint density at radius 2 is 1.92 bits per heavy atom. The minimum atomic E-state index is 0. The van der Waals surface area contributed by atoms with E-state index >= 15 is 0 Å². The Labute approximate surface area is 168 Å². The van der Waals surface area contributed by atoms with E-state index < -0.39 is 0 Å². The number of aryl methyl sites for hydroxylation is 1. The Morgan fingerprint density at radius 1 is 1.21 bits per heavy atom. The number of halogens is 1. The number of nitrogens with one attached hydrogen (secondary N) is 2. The van der Waals surface area contributed by atoms with Crippen LogP contribution in [-0.2, 0) is 13.0 Å². The lowest BCUT2D eigenvalue weighted by molar-refractivity contribution is 0.206. The number of likely N-dealkylation sites (tertiary alicyclic amines) is 1. The third kappa shape index (κ3) is 7.27. The van der Waals surface area contributed by atoms with Crippen molar-refractivity contribution >= 4 is 41.3 Å². The van der Waals surface area contributed by atoms with E-state index in [0.29, 0.717) is 6.04 Å². The first-order valence-corrected chi connectivity index (χ1v) is 9.91. The molecule has 0 aliphatic carbocycles. The Balaban J connectivity index is 0.00000288. The molecule has 2 N–H and O–H groups in total. The molecule has 0 saturated carbocycles. The molecular weight excluding hydrogens is 431 g/mol. The van der Waals surface area contributed by atoms with E-state index in [1.807, 2.05) is 11.3 Å². The first kappa shape index (κ1) is 21.7. The quantitative estimate of drug-likeness (QED) is 0.366. The summed E-state index contributed by atoms with van der Waals surface area (Å²) in [6.07, 6.45) is 4.79. The van der Waals surface area contributed by atoms with Gasteiger partial charge in [0, 0.05) is 35.4 Å². The molecule has 1 aromatic heterocycles. The molecule has 1 saturated heterocycles. The smallest absolute Gasteiger partial charge is 0.191 e. The predicted octanol–water partition coefficient (Wildman–Crippen LogP) is 3.86. The number of thiophene rings is 1. The van der Waals surface area contributed by atoms with E-state index in [0.717, 1.165) is 25.5 Å². The van der Waals surface area contributed by atoms with Crippen molar-refractivity contribution in [1.82, 2.24) is 15.5 Å². The SMILES string of the molecule is CCCN1CCC(NC(=NCc2ccc(CC)s2)NCC)CC1.I. The standard InChI is InChI=1S/C18H32N4S.HI/c1-4-11-22-12-9-15(10-13-22)21-18(19-6-3)20-14-17-8-7-16(5-2)23-17;/h7-8,15H,4-6,9-14H2,1-3H3,(H2,19,20,21);1H. The van der Waals surface area contributed by atoms with Crippen molar-refractivity contribution < 1.29 is 0 Å². The Bertz CT molecular complexity index is 481. The largest absolute Gasteiger partial charge is 0.357 e. The predicted molar refractivity (Wildman–Crippen MR) is 117 cm³/mol. The van der Waals surface area contributed by atoms with Crippen LogP contribution in [0, 0.1) is 0 Å². The second kappa shape index (κ2) is 12.1. The molecule has 1 aromatic rings. The number of guanidine groups is 1. The van der Waals surface area contributed by atoms with E-state index in [4.69, 9.17) is 4.99 Å². The van der Waals surface area contributed by atoms with Crippen molar-refractivity contribution in [2.45, 2.75) is 59.0 Å². The highest BCUT2D eigenvalue weighted by atomic mass is 127. The fourth-order valence-corrected chi connectivity index (χ4v) is 3.87. The van der Waals surface area contributed by atoms with Crippen molar-refractivity contribution in [2.24, 2.45) is 4.99 Å². The highest BCUT2D eigenvalue weighted by Crippen LogP contribution is 2.17. The van der Waals surface area contributed by atoms with Gasteiger partial charge in [0.05, 0.1) is 6.54 Å². The fraction of sp³-hybridized carbons (Fsp3) is 0.722. The van der Waals surface area contributed by atoms with Gasteiger partial charge in [0.25, 0.3) is 0 Å². The molecule has 24 heavy (non-hydrogen) atoms. The molecule has 2 rings (SSSR count). The molecule has 1 aliphatic rings. The van der Waals surface area contributed by atoms with Crippen LogP contribution >= 0.6 is 35.3 Å². The number of piperidine rings is 1. The molecule has 0 aromatic carbocycles. The molecule has 0 spiro atoms. The normalized spacial score (nSPS) is 16.7. The van der Waals surface area contributed by atoms with E-state index in [9.17, 15) is 0 Å². The van der Waals surface area contributed by atoms with E-state index in [1.165, 1.54) is 48.7 Å². The molecule has 138 valence electrons. The zero-order valence-electron chi connectivity index (χ0n) is 15.3. The van der Waals surface area contributed by atoms with Gasteiger partial charge < -0.3 is 15.5 Å². The maximum atomic E-state index is 4.77. The monoisotopic (exact) mass is 464 g/mol. The third-order valence-electron chi connectivity index (χ3n) is 4.27. The summed E-state index contributed by atoms with van der Waals surface area (Å²) in [6.45, 7) is 11.9. The van der Waals surface area contributed by atoms with Crippen molar-refractivity contribution in [3.8, 4) is 0 Å². The van der Waals surface area contributed by atoms with E-state index in [-0.39, 0.29) is 24.0 Å². The van der Waals surface area contributed by atoms with Crippen LogP contribution < -0.4 is 10.6 Å². The van der Waals surface area contributed by atoms with Crippen LogP contribution in [-0.4, -0.2) is 43.1 Å². The molecule has 1 fully saturated rings. The van der Waals surface area contributed by atoms with E-state index in [1.54, 1.807) is 0 Å². The molecule has 0 bridgehead atoms. The molecular formula is C18H33IN4S. The summed E-state index contributed by atoms with van der Waals surface area (Å²) < 4.78 is 0. The van der Waals surface area contributed by atoms with Crippen LogP contribution in [0.1, 0.15) is 49.8 Å².